The van der Waals surface area contributed by atoms with Crippen molar-refractivity contribution in [2.75, 3.05) is 37.3 Å². The van der Waals surface area contributed by atoms with E-state index < -0.39 is 58.3 Å². The maximum Gasteiger partial charge on any atom is 0.407 e. The molecular weight excluding hydrogens is 1020 g/mol. The number of benzene rings is 3. The number of nitrogens with two attached hydrogens (primary N) is 1. The lowest BCUT2D eigenvalue weighted by Gasteiger charge is -2.19. The van der Waals surface area contributed by atoms with Crippen molar-refractivity contribution in [3.05, 3.63) is 88.0 Å². The third kappa shape index (κ3) is 19.2. The van der Waals surface area contributed by atoms with E-state index in [-0.39, 0.29) is 64.8 Å². The number of alkyl halides is 1. The second-order valence-electron chi connectivity index (χ2n) is 18.5. The number of carbonyl (C=O) groups is 2. The lowest BCUT2D eigenvalue weighted by atomic mass is 10.1. The maximum absolute atomic E-state index is 14.2. The fourth-order valence-electron chi connectivity index (χ4n) is 6.95. The van der Waals surface area contributed by atoms with Crippen molar-refractivity contribution < 1.29 is 60.0 Å². The monoisotopic (exact) mass is 1090 g/mol. The Morgan fingerprint density at radius 3 is 1.31 bits per heavy atom. The molecule has 3 saturated carbocycles. The Morgan fingerprint density at radius 2 is 0.970 bits per heavy atom. The quantitative estimate of drug-likeness (QED) is 0.0670. The summed E-state index contributed by atoms with van der Waals surface area (Å²) in [6.45, 7) is 18.8. The van der Waals surface area contributed by atoms with E-state index in [0.29, 0.717) is 62.8 Å². The summed E-state index contributed by atoms with van der Waals surface area (Å²) >= 11 is 2.35. The molecular formula is C49H69ClF6IN3O7. The Morgan fingerprint density at radius 1 is 0.627 bits per heavy atom. The van der Waals surface area contributed by atoms with Gasteiger partial charge in [-0.3, -0.25) is 0 Å². The molecule has 18 heteroatoms. The fourth-order valence-corrected chi connectivity index (χ4v) is 6.95. The van der Waals surface area contributed by atoms with E-state index in [1.54, 1.807) is 41.5 Å². The van der Waals surface area contributed by atoms with Crippen LogP contribution in [0.25, 0.3) is 0 Å². The van der Waals surface area contributed by atoms with Crippen molar-refractivity contribution in [3.8, 4) is 17.2 Å². The molecule has 0 aliphatic heterocycles. The van der Waals surface area contributed by atoms with Crippen LogP contribution >= 0.6 is 35.0 Å². The second kappa shape index (κ2) is 27.4. The van der Waals surface area contributed by atoms with E-state index in [1.807, 2.05) is 13.8 Å². The third-order valence-electron chi connectivity index (χ3n) is 10.4. The number of nitrogens with one attached hydrogen (secondary N) is 2. The van der Waals surface area contributed by atoms with Crippen LogP contribution in [0.4, 0.5) is 35.9 Å². The van der Waals surface area contributed by atoms with E-state index in [0.717, 1.165) is 43.5 Å². The van der Waals surface area contributed by atoms with Crippen LogP contribution < -0.4 is 25.8 Å². The van der Waals surface area contributed by atoms with Crippen LogP contribution in [0.1, 0.15) is 135 Å². The molecule has 0 heterocycles. The molecule has 3 fully saturated rings. The van der Waals surface area contributed by atoms with Crippen LogP contribution in [0, 0.1) is 52.7 Å². The molecule has 6 atom stereocenters. The van der Waals surface area contributed by atoms with E-state index in [4.69, 9.17) is 24.7 Å². The normalized spacial score (nSPS) is 19.8. The molecule has 0 bridgehead atoms. The summed E-state index contributed by atoms with van der Waals surface area (Å²) in [4.78, 5) is 23.2. The van der Waals surface area contributed by atoms with Gasteiger partial charge < -0.3 is 40.4 Å². The summed E-state index contributed by atoms with van der Waals surface area (Å²) in [5, 5.41) is 14.9. The molecule has 3 aromatic rings. The highest BCUT2D eigenvalue weighted by molar-refractivity contribution is 14.1. The first-order valence-electron chi connectivity index (χ1n) is 22.6. The second-order valence-corrected chi connectivity index (χ2v) is 19.6. The smallest absolute Gasteiger partial charge is 0.407 e. The van der Waals surface area contributed by atoms with Gasteiger partial charge in [-0.25, -0.2) is 35.9 Å². The molecule has 0 radical (unpaired) electrons. The molecule has 3 aliphatic carbocycles. The van der Waals surface area contributed by atoms with Crippen molar-refractivity contribution in [3.63, 3.8) is 0 Å². The van der Waals surface area contributed by atoms with Gasteiger partial charge >= 0.3 is 12.2 Å². The Bertz CT molecular complexity index is 2060. The highest BCUT2D eigenvalue weighted by Gasteiger charge is 2.44. The van der Waals surface area contributed by atoms with E-state index in [9.17, 15) is 41.0 Å². The molecule has 5 N–H and O–H groups in total. The highest BCUT2D eigenvalue weighted by atomic mass is 127. The number of rotatable bonds is 15. The Kier molecular flexibility index (Phi) is 24.2. The van der Waals surface area contributed by atoms with Gasteiger partial charge in [0.25, 0.3) is 0 Å². The molecule has 0 spiro atoms. The number of carbonyl (C=O) groups excluding carboxylic acids is 2. The largest absolute Gasteiger partial charge is 0.508 e. The van der Waals surface area contributed by atoms with Crippen LogP contribution in [0.5, 0.6) is 17.2 Å². The summed E-state index contributed by atoms with van der Waals surface area (Å²) in [6, 6.07) is 7.22. The number of halogens is 8. The van der Waals surface area contributed by atoms with E-state index in [1.165, 1.54) is 23.0 Å². The number of aromatic hydroxyl groups is 1. The first-order chi connectivity index (χ1) is 31.0. The van der Waals surface area contributed by atoms with Gasteiger partial charge in [0.05, 0.1) is 13.2 Å². The molecule has 3 aliphatic rings. The number of hydrogen-bond donors (Lipinski definition) is 4. The Labute approximate surface area is 411 Å². The number of hydrogen-bond acceptors (Lipinski definition) is 8. The average molecular weight is 1090 g/mol. The van der Waals surface area contributed by atoms with Crippen LogP contribution in [-0.2, 0) is 9.47 Å². The van der Waals surface area contributed by atoms with Crippen LogP contribution in [0.15, 0.2) is 36.4 Å². The SMILES string of the molecule is CC(C)(C)OC(=O)NCC1CC1c1c(O)ccc(F)c1F.CCCI.CCCOc1ccc(F)c(F)c1C1CC1CN.CCCOc1ccc(F)c(F)c1C1CC1CNC(=O)OC(C)(C)C.Cl. The molecule has 6 rings (SSSR count). The number of phenolic OH excluding ortho intramolecular Hbond substituents is 1. The lowest BCUT2D eigenvalue weighted by Crippen LogP contribution is -2.33. The molecule has 10 nitrogen and oxygen atoms in total. The van der Waals surface area contributed by atoms with Gasteiger partial charge in [0.2, 0.25) is 0 Å². The minimum absolute atomic E-state index is 0. The van der Waals surface area contributed by atoms with Gasteiger partial charge in [0, 0.05) is 29.8 Å². The summed E-state index contributed by atoms with van der Waals surface area (Å²) in [5.41, 5.74) is 5.03. The highest BCUT2D eigenvalue weighted by Crippen LogP contribution is 2.53. The topological polar surface area (TPSA) is 141 Å². The van der Waals surface area contributed by atoms with Crippen LogP contribution in [-0.4, -0.2) is 65.8 Å². The van der Waals surface area contributed by atoms with Crippen molar-refractivity contribution >= 4 is 47.2 Å². The number of phenols is 1. The summed E-state index contributed by atoms with van der Waals surface area (Å²) in [6.07, 6.45) is 3.96. The molecule has 3 aromatic carbocycles. The molecule has 378 valence electrons. The zero-order chi connectivity index (χ0) is 49.5. The molecule has 67 heavy (non-hydrogen) atoms. The predicted molar refractivity (Wildman–Crippen MR) is 259 cm³/mol. The molecule has 2 amide bonds. The number of ether oxygens (including phenoxy) is 4. The van der Waals surface area contributed by atoms with Gasteiger partial charge in [-0.15, -0.1) is 12.4 Å². The van der Waals surface area contributed by atoms with Gasteiger partial charge in [-0.1, -0.05) is 43.4 Å². The van der Waals surface area contributed by atoms with Crippen molar-refractivity contribution in [2.24, 2.45) is 23.5 Å². The summed E-state index contributed by atoms with van der Waals surface area (Å²) in [5.74, 6) is -4.84. The first kappa shape index (κ1) is 59.3. The van der Waals surface area contributed by atoms with Crippen molar-refractivity contribution in [1.29, 1.82) is 0 Å². The van der Waals surface area contributed by atoms with Crippen LogP contribution in [0.2, 0.25) is 0 Å². The number of alkyl carbamates (subject to hydrolysis) is 2. The van der Waals surface area contributed by atoms with Crippen LogP contribution in [0.3, 0.4) is 0 Å². The van der Waals surface area contributed by atoms with Crippen molar-refractivity contribution in [1.82, 2.24) is 10.6 Å². The predicted octanol–water partition coefficient (Wildman–Crippen LogP) is 12.7. The van der Waals surface area contributed by atoms with Crippen molar-refractivity contribution in [2.45, 2.75) is 130 Å². The number of amides is 2. The lowest BCUT2D eigenvalue weighted by molar-refractivity contribution is 0.0513. The fraction of sp³-hybridized carbons (Fsp3) is 0.592. The summed E-state index contributed by atoms with van der Waals surface area (Å²) in [7, 11) is 0. The third-order valence-corrected chi connectivity index (χ3v) is 11.5. The zero-order valence-corrected chi connectivity index (χ0v) is 42.9. The first-order valence-corrected chi connectivity index (χ1v) is 24.1. The van der Waals surface area contributed by atoms with E-state index >= 15 is 0 Å². The molecule has 0 saturated heterocycles. The maximum atomic E-state index is 14.2. The zero-order valence-electron chi connectivity index (χ0n) is 39.9. The minimum Gasteiger partial charge on any atom is -0.508 e. The molecule has 0 aromatic heterocycles. The standard InChI is InChI=1S/C18H25F2NO3.C15H19F2NO3.C13H17F2NO.C3H7I.ClH/c1-5-8-23-14-7-6-13(19)16(20)15(14)12-9-11(12)10-21-17(22)24-18(2,3)4;1-15(2,3)21-14(20)18-7-8-6-9(8)12-11(19)5-4-10(16)13(12)17;1-2-5-17-11-4-3-10(14)13(15)12(11)9-6-8(9)7-16;1-2-3-4;/h6-7,11-12H,5,8-10H2,1-4H3,(H,21,22);4-5,8-9,19H,6-7H2,1-3H3,(H,18,20);3-4,8-9H,2,5-7,16H2,1H3;2-3H2,1H3;1H. The Hall–Kier alpha value is -3.84. The van der Waals surface area contributed by atoms with E-state index in [2.05, 4.69) is 40.1 Å². The van der Waals surface area contributed by atoms with Gasteiger partial charge in [0.1, 0.15) is 28.5 Å². The summed E-state index contributed by atoms with van der Waals surface area (Å²) < 4.78 is 104. The minimum atomic E-state index is -1.01. The van der Waals surface area contributed by atoms with Gasteiger partial charge in [-0.2, -0.15) is 0 Å². The average Bonchev–Trinajstić information content (AvgIpc) is 4.16. The van der Waals surface area contributed by atoms with Gasteiger partial charge in [-0.05, 0) is 163 Å². The Balaban J connectivity index is 0.000000333. The molecule has 6 unspecified atom stereocenters. The van der Waals surface area contributed by atoms with Gasteiger partial charge in [0.15, 0.2) is 34.9 Å².